The van der Waals surface area contributed by atoms with Gasteiger partial charge < -0.3 is 5.32 Å². The van der Waals surface area contributed by atoms with Gasteiger partial charge in [0.25, 0.3) is 0 Å². The maximum Gasteiger partial charge on any atom is 0.136 e. The van der Waals surface area contributed by atoms with Crippen LogP contribution in [0, 0.1) is 22.7 Å². The summed E-state index contributed by atoms with van der Waals surface area (Å²) in [6.45, 7) is 2.38. The van der Waals surface area contributed by atoms with E-state index in [0.717, 1.165) is 12.3 Å². The van der Waals surface area contributed by atoms with Crippen molar-refractivity contribution in [1.82, 2.24) is 5.32 Å². The lowest BCUT2D eigenvalue weighted by atomic mass is 9.62. The van der Waals surface area contributed by atoms with Gasteiger partial charge in [-0.15, -0.1) is 0 Å². The van der Waals surface area contributed by atoms with E-state index < -0.39 is 0 Å². The molecule has 0 bridgehead atoms. The molecule has 100 valence electrons. The van der Waals surface area contributed by atoms with Crippen molar-refractivity contribution in [2.75, 3.05) is 13.1 Å². The average molecular weight is 247 g/mol. The molecule has 4 aliphatic rings. The van der Waals surface area contributed by atoms with Gasteiger partial charge in [0.2, 0.25) is 0 Å². The largest absolute Gasteiger partial charge is 0.317 e. The van der Waals surface area contributed by atoms with E-state index in [2.05, 4.69) is 5.32 Å². The standard InChI is InChI=1S/C16H25NO/c18-13-3-1-5-16-6-2-4-14(16)15(11-12(13)16)7-9-17-10-8-15/h12,14,17H,1-11H2. The van der Waals surface area contributed by atoms with Gasteiger partial charge in [0.05, 0.1) is 0 Å². The second-order valence-electron chi connectivity index (χ2n) is 7.37. The smallest absolute Gasteiger partial charge is 0.136 e. The van der Waals surface area contributed by atoms with Crippen molar-refractivity contribution in [2.45, 2.75) is 57.8 Å². The van der Waals surface area contributed by atoms with E-state index in [1.165, 1.54) is 64.5 Å². The Kier molecular flexibility index (Phi) is 2.43. The minimum atomic E-state index is 0.455. The Labute approximate surface area is 110 Å². The number of rotatable bonds is 0. The summed E-state index contributed by atoms with van der Waals surface area (Å²) in [6.07, 6.45) is 11.5. The molecule has 2 heteroatoms. The van der Waals surface area contributed by atoms with Gasteiger partial charge in [-0.05, 0) is 74.8 Å². The molecule has 0 radical (unpaired) electrons. The Morgan fingerprint density at radius 2 is 1.83 bits per heavy atom. The molecule has 3 aliphatic carbocycles. The van der Waals surface area contributed by atoms with Gasteiger partial charge in [-0.1, -0.05) is 6.42 Å². The number of nitrogens with one attached hydrogen (secondary N) is 1. The first kappa shape index (κ1) is 11.5. The highest BCUT2D eigenvalue weighted by Crippen LogP contribution is 2.70. The fourth-order valence-electron chi connectivity index (χ4n) is 6.33. The normalized spacial score (nSPS) is 46.1. The third-order valence-electron chi connectivity index (χ3n) is 6.93. The van der Waals surface area contributed by atoms with Crippen LogP contribution in [-0.2, 0) is 4.79 Å². The Hall–Kier alpha value is -0.370. The van der Waals surface area contributed by atoms with Crippen molar-refractivity contribution >= 4 is 5.78 Å². The van der Waals surface area contributed by atoms with Gasteiger partial charge in [-0.3, -0.25) is 4.79 Å². The molecule has 1 aliphatic heterocycles. The number of piperidine rings is 1. The van der Waals surface area contributed by atoms with Crippen molar-refractivity contribution < 1.29 is 4.79 Å². The molecule has 3 unspecified atom stereocenters. The molecule has 0 aromatic rings. The lowest BCUT2D eigenvalue weighted by Crippen LogP contribution is -2.41. The molecule has 0 aromatic carbocycles. The molecule has 0 amide bonds. The van der Waals surface area contributed by atoms with Gasteiger partial charge in [-0.25, -0.2) is 0 Å². The van der Waals surface area contributed by atoms with Crippen LogP contribution in [-0.4, -0.2) is 18.9 Å². The molecule has 2 nitrogen and oxygen atoms in total. The van der Waals surface area contributed by atoms with E-state index in [1.807, 2.05) is 0 Å². The highest BCUT2D eigenvalue weighted by atomic mass is 16.1. The van der Waals surface area contributed by atoms with E-state index >= 15 is 0 Å². The maximum atomic E-state index is 12.4. The molecule has 1 saturated heterocycles. The quantitative estimate of drug-likeness (QED) is 0.713. The molecule has 1 N–H and O–H groups in total. The Morgan fingerprint density at radius 1 is 1.06 bits per heavy atom. The monoisotopic (exact) mass is 247 g/mol. The zero-order chi connectivity index (χ0) is 12.2. The molecular formula is C16H25NO. The molecule has 2 spiro atoms. The van der Waals surface area contributed by atoms with Gasteiger partial charge in [0, 0.05) is 12.3 Å². The first-order chi connectivity index (χ1) is 8.77. The Bertz CT molecular complexity index is 371. The number of Topliss-reactive ketones (excluding diaryl/α,β-unsaturated/α-hetero) is 1. The van der Waals surface area contributed by atoms with Crippen LogP contribution in [0.3, 0.4) is 0 Å². The minimum absolute atomic E-state index is 0.455. The fraction of sp³-hybridized carbons (Fsp3) is 0.938. The van der Waals surface area contributed by atoms with Crippen molar-refractivity contribution in [3.63, 3.8) is 0 Å². The highest BCUT2D eigenvalue weighted by Gasteiger charge is 2.65. The minimum Gasteiger partial charge on any atom is -0.317 e. The van der Waals surface area contributed by atoms with Crippen molar-refractivity contribution in [1.29, 1.82) is 0 Å². The molecule has 18 heavy (non-hydrogen) atoms. The second kappa shape index (κ2) is 3.82. The predicted octanol–water partition coefficient (Wildman–Crippen LogP) is 2.92. The highest BCUT2D eigenvalue weighted by molar-refractivity contribution is 5.83. The first-order valence-electron chi connectivity index (χ1n) is 8.00. The first-order valence-corrected chi connectivity index (χ1v) is 8.00. The Balaban J connectivity index is 1.74. The van der Waals surface area contributed by atoms with Crippen LogP contribution in [0.5, 0.6) is 0 Å². The summed E-state index contributed by atoms with van der Waals surface area (Å²) in [5, 5.41) is 3.52. The number of hydrogen-bond acceptors (Lipinski definition) is 2. The lowest BCUT2D eigenvalue weighted by Gasteiger charge is -2.43. The van der Waals surface area contributed by atoms with Crippen LogP contribution in [0.15, 0.2) is 0 Å². The van der Waals surface area contributed by atoms with Crippen molar-refractivity contribution in [2.24, 2.45) is 22.7 Å². The van der Waals surface area contributed by atoms with Gasteiger partial charge in [0.15, 0.2) is 0 Å². The van der Waals surface area contributed by atoms with Gasteiger partial charge in [0.1, 0.15) is 5.78 Å². The maximum absolute atomic E-state index is 12.4. The number of carbonyl (C=O) groups excluding carboxylic acids is 1. The topological polar surface area (TPSA) is 29.1 Å². The van der Waals surface area contributed by atoms with Crippen LogP contribution in [0.2, 0.25) is 0 Å². The van der Waals surface area contributed by atoms with E-state index in [1.54, 1.807) is 0 Å². The molecule has 1 heterocycles. The zero-order valence-electron chi connectivity index (χ0n) is 11.3. The Morgan fingerprint density at radius 3 is 2.67 bits per heavy atom. The molecular weight excluding hydrogens is 222 g/mol. The third-order valence-corrected chi connectivity index (χ3v) is 6.93. The van der Waals surface area contributed by atoms with Crippen LogP contribution >= 0.6 is 0 Å². The van der Waals surface area contributed by atoms with E-state index in [4.69, 9.17) is 0 Å². The summed E-state index contributed by atoms with van der Waals surface area (Å²) in [4.78, 5) is 12.4. The summed E-state index contributed by atoms with van der Waals surface area (Å²) >= 11 is 0. The molecule has 4 fully saturated rings. The SMILES string of the molecule is O=C1CCCC23CCCC2C2(CCNCC2)CC13. The zero-order valence-corrected chi connectivity index (χ0v) is 11.3. The third kappa shape index (κ3) is 1.31. The predicted molar refractivity (Wildman–Crippen MR) is 71.3 cm³/mol. The lowest BCUT2D eigenvalue weighted by molar-refractivity contribution is -0.129. The number of fused-ring (bicyclic) bond motifs is 1. The van der Waals surface area contributed by atoms with Gasteiger partial charge >= 0.3 is 0 Å². The fourth-order valence-corrected chi connectivity index (χ4v) is 6.33. The summed E-state index contributed by atoms with van der Waals surface area (Å²) in [5.74, 6) is 1.97. The summed E-state index contributed by atoms with van der Waals surface area (Å²) in [6, 6.07) is 0. The molecule has 4 rings (SSSR count). The average Bonchev–Trinajstić information content (AvgIpc) is 2.89. The van der Waals surface area contributed by atoms with Crippen molar-refractivity contribution in [3.8, 4) is 0 Å². The molecule has 3 saturated carbocycles. The van der Waals surface area contributed by atoms with E-state index in [9.17, 15) is 4.79 Å². The van der Waals surface area contributed by atoms with Crippen molar-refractivity contribution in [3.05, 3.63) is 0 Å². The number of carbonyl (C=O) groups is 1. The van der Waals surface area contributed by atoms with Crippen LogP contribution in [0.1, 0.15) is 57.8 Å². The van der Waals surface area contributed by atoms with E-state index in [-0.39, 0.29) is 0 Å². The summed E-state index contributed by atoms with van der Waals surface area (Å²) in [7, 11) is 0. The van der Waals surface area contributed by atoms with Gasteiger partial charge in [-0.2, -0.15) is 0 Å². The number of hydrogen-bond donors (Lipinski definition) is 1. The van der Waals surface area contributed by atoms with Crippen LogP contribution in [0.25, 0.3) is 0 Å². The summed E-state index contributed by atoms with van der Waals surface area (Å²) in [5.41, 5.74) is 1.01. The van der Waals surface area contributed by atoms with Crippen LogP contribution in [0.4, 0.5) is 0 Å². The molecule has 0 aromatic heterocycles. The summed E-state index contributed by atoms with van der Waals surface area (Å²) < 4.78 is 0. The molecule has 3 atom stereocenters. The van der Waals surface area contributed by atoms with Crippen LogP contribution < -0.4 is 5.32 Å². The van der Waals surface area contributed by atoms with E-state index in [0.29, 0.717) is 22.5 Å². The second-order valence-corrected chi connectivity index (χ2v) is 7.37. The number of ketones is 1.